The lowest BCUT2D eigenvalue weighted by Crippen LogP contribution is -2.37. The normalized spacial score (nSPS) is 15.4. The Hall–Kier alpha value is -1.55. The molecule has 1 aromatic rings. The third kappa shape index (κ3) is 2.82. The number of amides is 1. The van der Waals surface area contributed by atoms with Gasteiger partial charge in [0.2, 0.25) is 0 Å². The van der Waals surface area contributed by atoms with Gasteiger partial charge in [0.1, 0.15) is 0 Å². The third-order valence-electron chi connectivity index (χ3n) is 3.40. The molecule has 0 saturated heterocycles. The van der Waals surface area contributed by atoms with Crippen LogP contribution in [-0.4, -0.2) is 32.1 Å². The van der Waals surface area contributed by atoms with Crippen molar-refractivity contribution in [2.75, 3.05) is 25.5 Å². The van der Waals surface area contributed by atoms with E-state index in [1.165, 1.54) is 0 Å². The molecule has 1 amide bonds. The van der Waals surface area contributed by atoms with E-state index in [-0.39, 0.29) is 11.9 Å². The van der Waals surface area contributed by atoms with Gasteiger partial charge >= 0.3 is 0 Å². The molecule has 0 radical (unpaired) electrons. The van der Waals surface area contributed by atoms with Crippen LogP contribution in [0, 0.1) is 0 Å². The van der Waals surface area contributed by atoms with Crippen molar-refractivity contribution >= 4 is 11.6 Å². The molecular formula is C14H21N3O. The van der Waals surface area contributed by atoms with Crippen molar-refractivity contribution in [3.8, 4) is 0 Å². The van der Waals surface area contributed by atoms with Gasteiger partial charge in [-0.15, -0.1) is 0 Å². The Kier molecular flexibility index (Phi) is 4.20. The van der Waals surface area contributed by atoms with E-state index in [0.717, 1.165) is 36.2 Å². The molecule has 4 nitrogen and oxygen atoms in total. The molecule has 2 rings (SSSR count). The van der Waals surface area contributed by atoms with Crippen LogP contribution >= 0.6 is 0 Å². The lowest BCUT2D eigenvalue weighted by molar-refractivity contribution is 0.0949. The number of benzene rings is 1. The molecule has 3 N–H and O–H groups in total. The Morgan fingerprint density at radius 3 is 3.11 bits per heavy atom. The standard InChI is InChI=1S/C14H21N3O/c1-10(15-2)9-17-14(18)12-5-3-7-13-11(12)6-4-8-16-13/h3,5,7,10,15-16H,4,6,8-9H2,1-2H3,(H,17,18). The predicted octanol–water partition coefficient (Wildman–Crippen LogP) is 1.38. The summed E-state index contributed by atoms with van der Waals surface area (Å²) < 4.78 is 0. The maximum atomic E-state index is 12.2. The number of fused-ring (bicyclic) bond motifs is 1. The quantitative estimate of drug-likeness (QED) is 0.753. The SMILES string of the molecule is CNC(C)CNC(=O)c1cccc2c1CCCN2. The monoisotopic (exact) mass is 247 g/mol. The molecular weight excluding hydrogens is 226 g/mol. The van der Waals surface area contributed by atoms with Gasteiger partial charge in [0.25, 0.3) is 5.91 Å². The Labute approximate surface area is 108 Å². The van der Waals surface area contributed by atoms with Gasteiger partial charge in [0.05, 0.1) is 0 Å². The van der Waals surface area contributed by atoms with Crippen molar-refractivity contribution in [1.82, 2.24) is 10.6 Å². The summed E-state index contributed by atoms with van der Waals surface area (Å²) >= 11 is 0. The average molecular weight is 247 g/mol. The van der Waals surface area contributed by atoms with Crippen LogP contribution in [0.25, 0.3) is 0 Å². The minimum Gasteiger partial charge on any atom is -0.385 e. The molecule has 0 aliphatic carbocycles. The van der Waals surface area contributed by atoms with E-state index in [2.05, 4.69) is 16.0 Å². The van der Waals surface area contributed by atoms with Crippen molar-refractivity contribution in [2.24, 2.45) is 0 Å². The van der Waals surface area contributed by atoms with Crippen LogP contribution in [0.5, 0.6) is 0 Å². The molecule has 0 aromatic heterocycles. The smallest absolute Gasteiger partial charge is 0.251 e. The summed E-state index contributed by atoms with van der Waals surface area (Å²) in [6.07, 6.45) is 2.07. The van der Waals surface area contributed by atoms with Gasteiger partial charge in [-0.3, -0.25) is 4.79 Å². The van der Waals surface area contributed by atoms with Crippen LogP contribution in [0.4, 0.5) is 5.69 Å². The van der Waals surface area contributed by atoms with Gasteiger partial charge in [0.15, 0.2) is 0 Å². The molecule has 0 saturated carbocycles. The number of anilines is 1. The highest BCUT2D eigenvalue weighted by atomic mass is 16.1. The number of carbonyl (C=O) groups is 1. The summed E-state index contributed by atoms with van der Waals surface area (Å²) in [6.45, 7) is 3.68. The summed E-state index contributed by atoms with van der Waals surface area (Å²) in [5.41, 5.74) is 3.07. The molecule has 1 aliphatic rings. The Morgan fingerprint density at radius 1 is 1.50 bits per heavy atom. The van der Waals surface area contributed by atoms with E-state index in [1.807, 2.05) is 32.2 Å². The molecule has 98 valence electrons. The van der Waals surface area contributed by atoms with Crippen LogP contribution in [0.1, 0.15) is 29.3 Å². The topological polar surface area (TPSA) is 53.2 Å². The third-order valence-corrected chi connectivity index (χ3v) is 3.40. The van der Waals surface area contributed by atoms with E-state index in [4.69, 9.17) is 0 Å². The summed E-state index contributed by atoms with van der Waals surface area (Å²) in [5, 5.41) is 9.42. The molecule has 1 heterocycles. The van der Waals surface area contributed by atoms with Crippen LogP contribution in [0.3, 0.4) is 0 Å². The average Bonchev–Trinajstić information content (AvgIpc) is 2.43. The summed E-state index contributed by atoms with van der Waals surface area (Å²) in [6, 6.07) is 6.17. The van der Waals surface area contributed by atoms with E-state index in [9.17, 15) is 4.79 Å². The minimum atomic E-state index is 0.0256. The largest absolute Gasteiger partial charge is 0.385 e. The fourth-order valence-corrected chi connectivity index (χ4v) is 2.17. The maximum absolute atomic E-state index is 12.2. The van der Waals surface area contributed by atoms with Gasteiger partial charge in [-0.2, -0.15) is 0 Å². The first-order valence-corrected chi connectivity index (χ1v) is 6.53. The van der Waals surface area contributed by atoms with Crippen LogP contribution in [0.2, 0.25) is 0 Å². The highest BCUT2D eigenvalue weighted by Gasteiger charge is 2.17. The zero-order chi connectivity index (χ0) is 13.0. The molecule has 1 aliphatic heterocycles. The van der Waals surface area contributed by atoms with Gasteiger partial charge in [-0.05, 0) is 44.5 Å². The zero-order valence-corrected chi connectivity index (χ0v) is 11.0. The van der Waals surface area contributed by atoms with E-state index in [0.29, 0.717) is 6.54 Å². The number of nitrogens with one attached hydrogen (secondary N) is 3. The lowest BCUT2D eigenvalue weighted by Gasteiger charge is -2.21. The summed E-state index contributed by atoms with van der Waals surface area (Å²) in [4.78, 5) is 12.2. The number of likely N-dealkylation sites (N-methyl/N-ethyl adjacent to an activating group) is 1. The molecule has 0 bridgehead atoms. The van der Waals surface area contributed by atoms with Gasteiger partial charge in [-0.25, -0.2) is 0 Å². The van der Waals surface area contributed by atoms with Crippen molar-refractivity contribution < 1.29 is 4.79 Å². The second-order valence-electron chi connectivity index (χ2n) is 4.76. The van der Waals surface area contributed by atoms with Gasteiger partial charge in [0, 0.05) is 30.4 Å². The Morgan fingerprint density at radius 2 is 2.33 bits per heavy atom. The Balaban J connectivity index is 2.10. The summed E-state index contributed by atoms with van der Waals surface area (Å²) in [5.74, 6) is 0.0256. The van der Waals surface area contributed by atoms with Crippen LogP contribution in [0.15, 0.2) is 18.2 Å². The first-order chi connectivity index (χ1) is 8.72. The number of hydrogen-bond acceptors (Lipinski definition) is 3. The van der Waals surface area contributed by atoms with Gasteiger partial charge < -0.3 is 16.0 Å². The zero-order valence-electron chi connectivity index (χ0n) is 11.0. The predicted molar refractivity (Wildman–Crippen MR) is 74.1 cm³/mol. The van der Waals surface area contributed by atoms with E-state index < -0.39 is 0 Å². The van der Waals surface area contributed by atoms with Crippen molar-refractivity contribution in [2.45, 2.75) is 25.8 Å². The number of carbonyl (C=O) groups excluding carboxylic acids is 1. The minimum absolute atomic E-state index is 0.0256. The fourth-order valence-electron chi connectivity index (χ4n) is 2.17. The van der Waals surface area contributed by atoms with E-state index >= 15 is 0 Å². The number of rotatable bonds is 4. The van der Waals surface area contributed by atoms with Crippen LogP contribution in [-0.2, 0) is 6.42 Å². The lowest BCUT2D eigenvalue weighted by atomic mass is 9.97. The van der Waals surface area contributed by atoms with Crippen molar-refractivity contribution in [3.63, 3.8) is 0 Å². The maximum Gasteiger partial charge on any atom is 0.251 e. The second-order valence-corrected chi connectivity index (χ2v) is 4.76. The molecule has 0 spiro atoms. The summed E-state index contributed by atoms with van der Waals surface area (Å²) in [7, 11) is 1.89. The molecule has 0 fully saturated rings. The molecule has 18 heavy (non-hydrogen) atoms. The highest BCUT2D eigenvalue weighted by molar-refractivity contribution is 5.97. The van der Waals surface area contributed by atoms with Gasteiger partial charge in [-0.1, -0.05) is 6.07 Å². The molecule has 4 heteroatoms. The molecule has 1 atom stereocenters. The number of hydrogen-bond donors (Lipinski definition) is 3. The molecule has 1 unspecified atom stereocenters. The second kappa shape index (κ2) is 5.87. The fraction of sp³-hybridized carbons (Fsp3) is 0.500. The molecule has 1 aromatic carbocycles. The van der Waals surface area contributed by atoms with Crippen LogP contribution < -0.4 is 16.0 Å². The first kappa shape index (κ1) is 12.9. The van der Waals surface area contributed by atoms with Crippen molar-refractivity contribution in [1.29, 1.82) is 0 Å². The van der Waals surface area contributed by atoms with Crippen molar-refractivity contribution in [3.05, 3.63) is 29.3 Å². The first-order valence-electron chi connectivity index (χ1n) is 6.53. The highest BCUT2D eigenvalue weighted by Crippen LogP contribution is 2.25. The van der Waals surface area contributed by atoms with E-state index in [1.54, 1.807) is 0 Å². The Bertz CT molecular complexity index is 431.